The van der Waals surface area contributed by atoms with Crippen molar-refractivity contribution >= 4 is 11.7 Å². The minimum absolute atomic E-state index is 0.0185. The summed E-state index contributed by atoms with van der Waals surface area (Å²) in [5.41, 5.74) is 0.771. The Morgan fingerprint density at radius 1 is 1.80 bits per heavy atom. The molecule has 0 saturated heterocycles. The number of hydrogen-bond donors (Lipinski definition) is 0. The minimum Gasteiger partial charge on any atom is -0.470 e. The molecule has 1 heterocycles. The van der Waals surface area contributed by atoms with Crippen LogP contribution >= 0.6 is 0 Å². The highest BCUT2D eigenvalue weighted by Crippen LogP contribution is 2.00. The van der Waals surface area contributed by atoms with Crippen molar-refractivity contribution in [2.75, 3.05) is 13.2 Å². The molecule has 1 aliphatic heterocycles. The van der Waals surface area contributed by atoms with E-state index in [9.17, 15) is 4.79 Å². The summed E-state index contributed by atoms with van der Waals surface area (Å²) in [4.78, 5) is 14.4. The Kier molecular flexibility index (Phi) is 1.85. The maximum Gasteiger partial charge on any atom is 0.211 e. The summed E-state index contributed by atoms with van der Waals surface area (Å²) < 4.78 is 4.95. The van der Waals surface area contributed by atoms with Crippen molar-refractivity contribution in [2.45, 2.75) is 6.92 Å². The van der Waals surface area contributed by atoms with Gasteiger partial charge in [0.1, 0.15) is 6.54 Å². The van der Waals surface area contributed by atoms with Crippen LogP contribution in [0, 0.1) is 0 Å². The van der Waals surface area contributed by atoms with Crippen molar-refractivity contribution in [3.63, 3.8) is 0 Å². The second-order valence-electron chi connectivity index (χ2n) is 2.23. The van der Waals surface area contributed by atoms with Crippen LogP contribution in [-0.2, 0) is 9.53 Å². The number of hydrogen-bond acceptors (Lipinski definition) is 3. The molecule has 0 atom stereocenters. The quantitative estimate of drug-likeness (QED) is 0.532. The molecule has 0 saturated carbocycles. The summed E-state index contributed by atoms with van der Waals surface area (Å²) in [5.74, 6) is 0.532. The molecule has 0 amide bonds. The first-order valence-corrected chi connectivity index (χ1v) is 3.05. The fraction of sp³-hybridized carbons (Fsp3) is 0.429. The Morgan fingerprint density at radius 2 is 2.50 bits per heavy atom. The van der Waals surface area contributed by atoms with E-state index in [1.54, 1.807) is 6.92 Å². The molecule has 10 heavy (non-hydrogen) atoms. The van der Waals surface area contributed by atoms with Gasteiger partial charge in [0, 0.05) is 5.57 Å². The normalized spacial score (nSPS) is 17.7. The van der Waals surface area contributed by atoms with E-state index in [2.05, 4.69) is 11.6 Å². The first-order chi connectivity index (χ1) is 4.70. The SMILES string of the molecule is C=C(C)C1=NCC(=O)CO1. The van der Waals surface area contributed by atoms with Gasteiger partial charge in [0.05, 0.1) is 0 Å². The summed E-state index contributed by atoms with van der Waals surface area (Å²) in [6.07, 6.45) is 0. The third kappa shape index (κ3) is 1.43. The lowest BCUT2D eigenvalue weighted by atomic mass is 10.3. The smallest absolute Gasteiger partial charge is 0.211 e. The van der Waals surface area contributed by atoms with Gasteiger partial charge >= 0.3 is 0 Å². The van der Waals surface area contributed by atoms with Crippen molar-refractivity contribution in [3.05, 3.63) is 12.2 Å². The molecular weight excluding hydrogens is 130 g/mol. The Morgan fingerprint density at radius 3 is 2.90 bits per heavy atom. The maximum absolute atomic E-state index is 10.6. The molecule has 0 aromatic carbocycles. The fourth-order valence-corrected chi connectivity index (χ4v) is 0.658. The average molecular weight is 139 g/mol. The molecule has 0 fully saturated rings. The Bertz CT molecular complexity index is 206. The third-order valence-corrected chi connectivity index (χ3v) is 1.13. The van der Waals surface area contributed by atoms with Crippen molar-refractivity contribution in [3.8, 4) is 0 Å². The molecule has 0 N–H and O–H groups in total. The number of nitrogens with zero attached hydrogens (tertiary/aromatic N) is 1. The van der Waals surface area contributed by atoms with Gasteiger partial charge in [-0.2, -0.15) is 0 Å². The number of carbonyl (C=O) groups is 1. The molecule has 3 nitrogen and oxygen atoms in total. The number of ether oxygens (including phenoxy) is 1. The van der Waals surface area contributed by atoms with Gasteiger partial charge in [-0.1, -0.05) is 6.58 Å². The molecule has 0 spiro atoms. The molecule has 0 unspecified atom stereocenters. The topological polar surface area (TPSA) is 38.7 Å². The van der Waals surface area contributed by atoms with Gasteiger partial charge in [0.15, 0.2) is 12.4 Å². The highest BCUT2D eigenvalue weighted by atomic mass is 16.5. The van der Waals surface area contributed by atoms with Crippen LogP contribution in [0.5, 0.6) is 0 Å². The molecule has 0 bridgehead atoms. The molecule has 0 aliphatic carbocycles. The van der Waals surface area contributed by atoms with E-state index < -0.39 is 0 Å². The van der Waals surface area contributed by atoms with E-state index >= 15 is 0 Å². The van der Waals surface area contributed by atoms with E-state index in [1.165, 1.54) is 0 Å². The van der Waals surface area contributed by atoms with Crippen LogP contribution in [0.3, 0.4) is 0 Å². The molecule has 1 aliphatic rings. The standard InChI is InChI=1S/C7H9NO2/c1-5(2)7-8-3-6(9)4-10-7/h1,3-4H2,2H3. The summed E-state index contributed by atoms with van der Waals surface area (Å²) >= 11 is 0. The molecule has 3 heteroatoms. The van der Waals surface area contributed by atoms with Gasteiger partial charge < -0.3 is 4.74 Å². The fourth-order valence-electron chi connectivity index (χ4n) is 0.658. The second-order valence-corrected chi connectivity index (χ2v) is 2.23. The number of aliphatic imine (C=N–C) groups is 1. The first-order valence-electron chi connectivity index (χ1n) is 3.05. The highest BCUT2D eigenvalue weighted by Gasteiger charge is 2.11. The molecular formula is C7H9NO2. The third-order valence-electron chi connectivity index (χ3n) is 1.13. The lowest BCUT2D eigenvalue weighted by Gasteiger charge is -2.11. The van der Waals surface area contributed by atoms with E-state index in [1.807, 2.05) is 0 Å². The van der Waals surface area contributed by atoms with Crippen LogP contribution in [0.15, 0.2) is 17.1 Å². The van der Waals surface area contributed by atoms with E-state index in [0.29, 0.717) is 5.90 Å². The van der Waals surface area contributed by atoms with Crippen molar-refractivity contribution in [2.24, 2.45) is 4.99 Å². The van der Waals surface area contributed by atoms with Crippen molar-refractivity contribution in [1.29, 1.82) is 0 Å². The Labute approximate surface area is 59.4 Å². The zero-order valence-electron chi connectivity index (χ0n) is 5.89. The molecule has 0 radical (unpaired) electrons. The van der Waals surface area contributed by atoms with Gasteiger partial charge in [-0.3, -0.25) is 4.79 Å². The van der Waals surface area contributed by atoms with Crippen LogP contribution in [0.1, 0.15) is 6.92 Å². The van der Waals surface area contributed by atoms with Gasteiger partial charge in [-0.05, 0) is 6.92 Å². The zero-order valence-corrected chi connectivity index (χ0v) is 5.89. The van der Waals surface area contributed by atoms with Crippen molar-refractivity contribution in [1.82, 2.24) is 0 Å². The first kappa shape index (κ1) is 6.99. The van der Waals surface area contributed by atoms with Crippen LogP contribution in [0.4, 0.5) is 0 Å². The molecule has 1 rings (SSSR count). The second kappa shape index (κ2) is 2.64. The monoisotopic (exact) mass is 139 g/mol. The molecule has 54 valence electrons. The highest BCUT2D eigenvalue weighted by molar-refractivity contribution is 5.98. The minimum atomic E-state index is 0.0185. The lowest BCUT2D eigenvalue weighted by molar-refractivity contribution is -0.120. The lowest BCUT2D eigenvalue weighted by Crippen LogP contribution is -2.23. The van der Waals surface area contributed by atoms with Gasteiger partial charge in [-0.15, -0.1) is 0 Å². The van der Waals surface area contributed by atoms with E-state index in [0.717, 1.165) is 5.57 Å². The van der Waals surface area contributed by atoms with Crippen LogP contribution < -0.4 is 0 Å². The average Bonchev–Trinajstić information content (AvgIpc) is 1.88. The van der Waals surface area contributed by atoms with Crippen LogP contribution in [-0.4, -0.2) is 24.8 Å². The van der Waals surface area contributed by atoms with E-state index in [-0.39, 0.29) is 18.9 Å². The summed E-state index contributed by atoms with van der Waals surface area (Å²) in [6, 6.07) is 0. The number of ketones is 1. The maximum atomic E-state index is 10.6. The van der Waals surface area contributed by atoms with Crippen molar-refractivity contribution < 1.29 is 9.53 Å². The predicted octanol–water partition coefficient (Wildman–Crippen LogP) is 0.560. The summed E-state index contributed by atoms with van der Waals surface area (Å²) in [5, 5.41) is 0. The largest absolute Gasteiger partial charge is 0.470 e. The zero-order chi connectivity index (χ0) is 7.56. The van der Waals surface area contributed by atoms with E-state index in [4.69, 9.17) is 4.74 Å². The van der Waals surface area contributed by atoms with Gasteiger partial charge in [0.2, 0.25) is 5.90 Å². The van der Waals surface area contributed by atoms with Gasteiger partial charge in [0.25, 0.3) is 0 Å². The number of carbonyl (C=O) groups excluding carboxylic acids is 1. The summed E-state index contributed by atoms with van der Waals surface area (Å²) in [6.45, 7) is 5.82. The summed E-state index contributed by atoms with van der Waals surface area (Å²) in [7, 11) is 0. The molecule has 0 aromatic heterocycles. The van der Waals surface area contributed by atoms with Crippen LogP contribution in [0.2, 0.25) is 0 Å². The molecule has 0 aromatic rings. The number of Topliss-reactive ketones (excluding diaryl/α,β-unsaturated/α-hetero) is 1. The number of rotatable bonds is 1. The Hall–Kier alpha value is -1.12. The van der Waals surface area contributed by atoms with Gasteiger partial charge in [-0.25, -0.2) is 4.99 Å². The Balaban J connectivity index is 2.65. The predicted molar refractivity (Wildman–Crippen MR) is 38.1 cm³/mol. The van der Waals surface area contributed by atoms with Crippen LogP contribution in [0.25, 0.3) is 0 Å².